The van der Waals surface area contributed by atoms with E-state index in [0.29, 0.717) is 6.54 Å². The van der Waals surface area contributed by atoms with Gasteiger partial charge in [0.15, 0.2) is 0 Å². The summed E-state index contributed by atoms with van der Waals surface area (Å²) in [6, 6.07) is 3.96. The van der Waals surface area contributed by atoms with Crippen LogP contribution in [0.2, 0.25) is 0 Å². The Hall–Kier alpha value is -1.53. The molecule has 0 radical (unpaired) electrons. The molecule has 3 heteroatoms. The maximum atomic E-state index is 5.75. The summed E-state index contributed by atoms with van der Waals surface area (Å²) >= 11 is 0. The first-order valence-electron chi connectivity index (χ1n) is 5.59. The summed E-state index contributed by atoms with van der Waals surface area (Å²) in [6.07, 6.45) is 8.25. The van der Waals surface area contributed by atoms with Crippen LogP contribution in [-0.2, 0) is 0 Å². The van der Waals surface area contributed by atoms with Crippen LogP contribution in [0, 0.1) is 12.3 Å². The highest BCUT2D eigenvalue weighted by Crippen LogP contribution is 2.15. The van der Waals surface area contributed by atoms with Crippen LogP contribution in [0.5, 0.6) is 0 Å². The first-order chi connectivity index (χ1) is 7.69. The van der Waals surface area contributed by atoms with Crippen LogP contribution in [0.4, 0.5) is 5.69 Å². The maximum Gasteiger partial charge on any atom is 0.0792 e. The normalized spacial score (nSPS) is 11.9. The molecule has 86 valence electrons. The van der Waals surface area contributed by atoms with Crippen molar-refractivity contribution in [2.45, 2.75) is 26.3 Å². The zero-order chi connectivity index (χ0) is 12.0. The summed E-state index contributed by atoms with van der Waals surface area (Å²) in [5, 5.41) is 0. The van der Waals surface area contributed by atoms with Gasteiger partial charge in [-0.05, 0) is 25.5 Å². The molecule has 3 nitrogen and oxygen atoms in total. The minimum Gasteiger partial charge on any atom is -0.359 e. The van der Waals surface area contributed by atoms with Crippen LogP contribution in [-0.4, -0.2) is 18.1 Å². The highest BCUT2D eigenvalue weighted by Gasteiger charge is 2.06. The number of hydrogen-bond donors (Lipinski definition) is 1. The average Bonchev–Trinajstić information content (AvgIpc) is 2.29. The topological polar surface area (TPSA) is 42.1 Å². The van der Waals surface area contributed by atoms with Crippen molar-refractivity contribution in [1.29, 1.82) is 0 Å². The van der Waals surface area contributed by atoms with Gasteiger partial charge in [-0.25, -0.2) is 0 Å². The molecule has 0 aliphatic carbocycles. The quantitative estimate of drug-likeness (QED) is 0.766. The van der Waals surface area contributed by atoms with Crippen molar-refractivity contribution < 1.29 is 0 Å². The number of aromatic nitrogens is 1. The first-order valence-corrected chi connectivity index (χ1v) is 5.59. The predicted molar refractivity (Wildman–Crippen MR) is 68.2 cm³/mol. The Morgan fingerprint density at radius 3 is 2.75 bits per heavy atom. The van der Waals surface area contributed by atoms with E-state index in [4.69, 9.17) is 12.2 Å². The molecule has 0 aliphatic rings. The molecule has 0 aromatic carbocycles. The minimum atomic E-state index is -0.0266. The Labute approximate surface area is 97.7 Å². The SMILES string of the molecule is C#CCN(CCC)c1ccc([C@H](C)N)nc1. The highest BCUT2D eigenvalue weighted by molar-refractivity contribution is 5.45. The van der Waals surface area contributed by atoms with Gasteiger partial charge in [0, 0.05) is 12.6 Å². The second kappa shape index (κ2) is 6.14. The molecule has 0 amide bonds. The van der Waals surface area contributed by atoms with Crippen molar-refractivity contribution >= 4 is 5.69 Å². The van der Waals surface area contributed by atoms with Crippen molar-refractivity contribution in [2.24, 2.45) is 5.73 Å². The molecule has 0 saturated carbocycles. The standard InChI is InChI=1S/C13H19N3/c1-4-8-16(9-5-2)12-6-7-13(11(3)14)15-10-12/h1,6-7,10-11H,5,8-9,14H2,2-3H3/t11-/m0/s1. The van der Waals surface area contributed by atoms with E-state index in [9.17, 15) is 0 Å². The van der Waals surface area contributed by atoms with E-state index in [2.05, 4.69) is 22.7 Å². The molecule has 0 fully saturated rings. The molecule has 1 aromatic heterocycles. The van der Waals surface area contributed by atoms with E-state index >= 15 is 0 Å². The van der Waals surface area contributed by atoms with Crippen LogP contribution in [0.15, 0.2) is 18.3 Å². The molecule has 0 spiro atoms. The fourth-order valence-corrected chi connectivity index (χ4v) is 1.53. The van der Waals surface area contributed by atoms with Gasteiger partial charge in [0.1, 0.15) is 0 Å². The molecule has 1 aromatic rings. The van der Waals surface area contributed by atoms with E-state index in [1.54, 1.807) is 0 Å². The second-order valence-corrected chi connectivity index (χ2v) is 3.86. The van der Waals surface area contributed by atoms with Crippen LogP contribution >= 0.6 is 0 Å². The van der Waals surface area contributed by atoms with Crippen LogP contribution < -0.4 is 10.6 Å². The molecule has 1 heterocycles. The zero-order valence-corrected chi connectivity index (χ0v) is 9.98. The van der Waals surface area contributed by atoms with Crippen LogP contribution in [0.25, 0.3) is 0 Å². The van der Waals surface area contributed by atoms with Crippen molar-refractivity contribution in [3.63, 3.8) is 0 Å². The van der Waals surface area contributed by atoms with Gasteiger partial charge in [-0.1, -0.05) is 12.8 Å². The van der Waals surface area contributed by atoms with E-state index in [0.717, 1.165) is 24.3 Å². The van der Waals surface area contributed by atoms with E-state index in [-0.39, 0.29) is 6.04 Å². The molecule has 0 saturated heterocycles. The first kappa shape index (κ1) is 12.5. The summed E-state index contributed by atoms with van der Waals surface area (Å²) < 4.78 is 0. The second-order valence-electron chi connectivity index (χ2n) is 3.86. The van der Waals surface area contributed by atoms with Gasteiger partial charge < -0.3 is 10.6 Å². The number of rotatable bonds is 5. The summed E-state index contributed by atoms with van der Waals surface area (Å²) in [5.74, 6) is 2.66. The van der Waals surface area contributed by atoms with Gasteiger partial charge in [0.2, 0.25) is 0 Å². The maximum absolute atomic E-state index is 5.75. The van der Waals surface area contributed by atoms with Crippen molar-refractivity contribution in [3.05, 3.63) is 24.0 Å². The number of hydrogen-bond acceptors (Lipinski definition) is 3. The van der Waals surface area contributed by atoms with Crippen molar-refractivity contribution in [3.8, 4) is 12.3 Å². The van der Waals surface area contributed by atoms with E-state index < -0.39 is 0 Å². The third-order valence-corrected chi connectivity index (χ3v) is 2.38. The molecule has 2 N–H and O–H groups in total. The summed E-state index contributed by atoms with van der Waals surface area (Å²) in [6.45, 7) is 5.62. The molecule has 0 aliphatic heterocycles. The predicted octanol–water partition coefficient (Wildman–Crippen LogP) is 1.95. The molecular weight excluding hydrogens is 198 g/mol. The molecule has 0 unspecified atom stereocenters. The Balaban J connectivity index is 2.81. The molecular formula is C13H19N3. The van der Waals surface area contributed by atoms with E-state index in [1.807, 2.05) is 25.3 Å². The zero-order valence-electron chi connectivity index (χ0n) is 9.98. The number of anilines is 1. The Morgan fingerprint density at radius 1 is 1.56 bits per heavy atom. The number of nitrogens with zero attached hydrogens (tertiary/aromatic N) is 2. The van der Waals surface area contributed by atoms with Gasteiger partial charge in [-0.2, -0.15) is 0 Å². The minimum absolute atomic E-state index is 0.0266. The monoisotopic (exact) mass is 217 g/mol. The Morgan fingerprint density at radius 2 is 2.31 bits per heavy atom. The van der Waals surface area contributed by atoms with Gasteiger partial charge in [-0.3, -0.25) is 4.98 Å². The van der Waals surface area contributed by atoms with Crippen LogP contribution in [0.1, 0.15) is 32.0 Å². The number of nitrogens with two attached hydrogens (primary N) is 1. The van der Waals surface area contributed by atoms with Crippen molar-refractivity contribution in [2.75, 3.05) is 18.0 Å². The molecule has 1 atom stereocenters. The summed E-state index contributed by atoms with van der Waals surface area (Å²) in [7, 11) is 0. The van der Waals surface area contributed by atoms with Gasteiger partial charge in [0.25, 0.3) is 0 Å². The molecule has 0 bridgehead atoms. The third-order valence-electron chi connectivity index (χ3n) is 2.38. The number of pyridine rings is 1. The fourth-order valence-electron chi connectivity index (χ4n) is 1.53. The van der Waals surface area contributed by atoms with Crippen molar-refractivity contribution in [1.82, 2.24) is 4.98 Å². The Kier molecular flexibility index (Phi) is 4.81. The summed E-state index contributed by atoms with van der Waals surface area (Å²) in [4.78, 5) is 6.47. The van der Waals surface area contributed by atoms with E-state index in [1.165, 1.54) is 0 Å². The lowest BCUT2D eigenvalue weighted by Crippen LogP contribution is -2.24. The molecule has 16 heavy (non-hydrogen) atoms. The van der Waals surface area contributed by atoms with Crippen LogP contribution in [0.3, 0.4) is 0 Å². The smallest absolute Gasteiger partial charge is 0.0792 e. The van der Waals surface area contributed by atoms with Gasteiger partial charge >= 0.3 is 0 Å². The number of terminal acetylenes is 1. The Bertz CT molecular complexity index is 348. The average molecular weight is 217 g/mol. The lowest BCUT2D eigenvalue weighted by Gasteiger charge is -2.21. The van der Waals surface area contributed by atoms with Gasteiger partial charge in [-0.15, -0.1) is 6.42 Å². The third kappa shape index (κ3) is 3.25. The summed E-state index contributed by atoms with van der Waals surface area (Å²) in [5.41, 5.74) is 7.71. The van der Waals surface area contributed by atoms with Gasteiger partial charge in [0.05, 0.1) is 24.1 Å². The lowest BCUT2D eigenvalue weighted by atomic mass is 10.2. The fraction of sp³-hybridized carbons (Fsp3) is 0.462. The largest absolute Gasteiger partial charge is 0.359 e. The lowest BCUT2D eigenvalue weighted by molar-refractivity contribution is 0.774. The molecule has 1 rings (SSSR count). The highest BCUT2D eigenvalue weighted by atomic mass is 15.1.